The molecule has 2 fully saturated rings. The molecule has 0 radical (unpaired) electrons. The maximum Gasteiger partial charge on any atom is 0.335 e. The molecule has 0 saturated heterocycles. The van der Waals surface area contributed by atoms with Crippen LogP contribution < -0.4 is 16.4 Å². The second-order valence-corrected chi connectivity index (χ2v) is 15.0. The van der Waals surface area contributed by atoms with Gasteiger partial charge in [-0.05, 0) is 44.2 Å². The highest BCUT2D eigenvalue weighted by atomic mass is 35.5. The quantitative estimate of drug-likeness (QED) is 0.0849. The van der Waals surface area contributed by atoms with Crippen molar-refractivity contribution in [3.63, 3.8) is 0 Å². The van der Waals surface area contributed by atoms with Gasteiger partial charge >= 0.3 is 5.97 Å². The number of nitrogens with zero attached hydrogens (tertiary/aromatic N) is 10. The van der Waals surface area contributed by atoms with Gasteiger partial charge in [0.25, 0.3) is 0 Å². The molecule has 0 bridgehead atoms. The number of anilines is 4. The molecule has 0 amide bonds. The van der Waals surface area contributed by atoms with Gasteiger partial charge in [-0.3, -0.25) is 14.2 Å². The SMILES string of the molecule is Cl.Cn1cc(Nc2ncc(Cl)c(-c3ccc(C(=O)CCC4(C#N)CC4)cc3)n2)cn1.Cn1cc(Nc2ncc(Cl)c(-c3ccc(C(=O)O)cc3)n2)cn1.N#CC1(CN)CC1. The fraction of sp³-hybridized carbons (Fsp3) is 0.268. The summed E-state index contributed by atoms with van der Waals surface area (Å²) in [6.07, 6.45) is 14.8. The first-order chi connectivity index (χ1) is 28.3. The molecule has 2 saturated carbocycles. The second-order valence-electron chi connectivity index (χ2n) is 14.2. The van der Waals surface area contributed by atoms with Crippen molar-refractivity contribution in [1.82, 2.24) is 39.5 Å². The third-order valence-corrected chi connectivity index (χ3v) is 10.3. The molecule has 2 aromatic carbocycles. The van der Waals surface area contributed by atoms with Crippen LogP contribution in [0.25, 0.3) is 22.5 Å². The molecule has 6 aromatic rings. The lowest BCUT2D eigenvalue weighted by atomic mass is 9.97. The number of aromatic carboxylic acids is 1. The van der Waals surface area contributed by atoms with Gasteiger partial charge in [-0.15, -0.1) is 12.4 Å². The lowest BCUT2D eigenvalue weighted by Gasteiger charge is -2.08. The van der Waals surface area contributed by atoms with E-state index in [-0.39, 0.29) is 34.6 Å². The molecule has 60 heavy (non-hydrogen) atoms. The molecule has 2 aliphatic rings. The van der Waals surface area contributed by atoms with E-state index in [4.69, 9.17) is 44.6 Å². The zero-order valence-electron chi connectivity index (χ0n) is 32.5. The lowest BCUT2D eigenvalue weighted by Crippen LogP contribution is -2.12. The van der Waals surface area contributed by atoms with Crippen LogP contribution in [0.1, 0.15) is 59.2 Å². The van der Waals surface area contributed by atoms with E-state index in [1.165, 1.54) is 18.3 Å². The molecule has 0 aliphatic heterocycles. The normalized spacial score (nSPS) is 13.7. The average molecular weight is 869 g/mol. The van der Waals surface area contributed by atoms with Crippen molar-refractivity contribution >= 4 is 70.6 Å². The number of halogens is 3. The Bertz CT molecular complexity index is 2540. The van der Waals surface area contributed by atoms with Crippen LogP contribution >= 0.6 is 35.6 Å². The van der Waals surface area contributed by atoms with Crippen LogP contribution in [0.5, 0.6) is 0 Å². The number of nitrogens with one attached hydrogen (secondary N) is 2. The van der Waals surface area contributed by atoms with Crippen molar-refractivity contribution in [3.8, 4) is 34.7 Å². The molecule has 5 N–H and O–H groups in total. The van der Waals surface area contributed by atoms with Crippen LogP contribution in [0.2, 0.25) is 10.0 Å². The monoisotopic (exact) mass is 867 g/mol. The van der Waals surface area contributed by atoms with Gasteiger partial charge in [-0.1, -0.05) is 59.6 Å². The third kappa shape index (κ3) is 11.6. The number of carboxylic acids is 1. The first-order valence-corrected chi connectivity index (χ1v) is 19.2. The minimum Gasteiger partial charge on any atom is -0.478 e. The Morgan fingerprint density at radius 2 is 1.18 bits per heavy atom. The summed E-state index contributed by atoms with van der Waals surface area (Å²) >= 11 is 12.5. The molecule has 0 unspecified atom stereocenters. The van der Waals surface area contributed by atoms with Crippen molar-refractivity contribution in [3.05, 3.63) is 107 Å². The summed E-state index contributed by atoms with van der Waals surface area (Å²) in [6, 6.07) is 18.0. The highest BCUT2D eigenvalue weighted by molar-refractivity contribution is 6.33. The summed E-state index contributed by atoms with van der Waals surface area (Å²) in [4.78, 5) is 40.5. The Kier molecular flexibility index (Phi) is 14.6. The lowest BCUT2D eigenvalue weighted by molar-refractivity contribution is 0.0696. The number of nitrogens with two attached hydrogens (primary N) is 1. The number of hydrogen-bond acceptors (Lipinski definition) is 13. The van der Waals surface area contributed by atoms with E-state index in [9.17, 15) is 9.59 Å². The number of carbonyl (C=O) groups excluding carboxylic acids is 1. The number of rotatable bonds is 12. The predicted molar refractivity (Wildman–Crippen MR) is 229 cm³/mol. The first kappa shape index (κ1) is 44.7. The van der Waals surface area contributed by atoms with Crippen LogP contribution in [-0.4, -0.2) is 62.9 Å². The summed E-state index contributed by atoms with van der Waals surface area (Å²) in [5.74, 6) is -0.154. The van der Waals surface area contributed by atoms with Crippen LogP contribution in [-0.2, 0) is 14.1 Å². The zero-order valence-corrected chi connectivity index (χ0v) is 34.8. The van der Waals surface area contributed by atoms with E-state index in [0.29, 0.717) is 63.8 Å². The van der Waals surface area contributed by atoms with Gasteiger partial charge in [0, 0.05) is 56.1 Å². The number of hydrogen-bond donors (Lipinski definition) is 4. The highest BCUT2D eigenvalue weighted by Gasteiger charge is 2.43. The van der Waals surface area contributed by atoms with Crippen molar-refractivity contribution < 1.29 is 14.7 Å². The number of Topliss-reactive ketones (excluding diaryl/α,β-unsaturated/α-hetero) is 1. The maximum absolute atomic E-state index is 12.4. The van der Waals surface area contributed by atoms with E-state index in [2.05, 4.69) is 52.9 Å². The Morgan fingerprint density at radius 3 is 1.52 bits per heavy atom. The Labute approximate surface area is 361 Å². The van der Waals surface area contributed by atoms with Crippen molar-refractivity contribution in [2.45, 2.75) is 38.5 Å². The van der Waals surface area contributed by atoms with Crippen LogP contribution in [0, 0.1) is 33.5 Å². The number of carbonyl (C=O) groups is 2. The summed E-state index contributed by atoms with van der Waals surface area (Å²) in [5.41, 5.74) is 9.85. The molecule has 4 heterocycles. The number of aromatic nitrogens is 8. The molecular formula is C41H40Cl3N13O3. The molecule has 0 atom stereocenters. The van der Waals surface area contributed by atoms with Gasteiger partial charge < -0.3 is 21.5 Å². The summed E-state index contributed by atoms with van der Waals surface area (Å²) < 4.78 is 3.33. The number of carboxylic acid groups (broad SMARTS) is 1. The number of aryl methyl sites for hydroxylation is 2. The van der Waals surface area contributed by atoms with Gasteiger partial charge in [0.1, 0.15) is 0 Å². The molecule has 4 aromatic heterocycles. The number of nitriles is 2. The van der Waals surface area contributed by atoms with Crippen LogP contribution in [0.3, 0.4) is 0 Å². The Morgan fingerprint density at radius 1 is 0.750 bits per heavy atom. The van der Waals surface area contributed by atoms with E-state index < -0.39 is 5.97 Å². The second kappa shape index (κ2) is 19.5. The van der Waals surface area contributed by atoms with E-state index in [1.54, 1.807) is 58.4 Å². The molecular weight excluding hydrogens is 829 g/mol. The standard InChI is InChI=1S/C21H19ClN6O.C15H12ClN5O2.C5H8N2.ClH/c1-28-12-16(10-25-28)26-20-24-11-17(22)19(27-20)15-4-2-14(3-5-15)18(29)6-7-21(13-23)8-9-21;1-21-8-11(6-18-21)19-15-17-7-12(16)13(20-15)9-2-4-10(5-3-9)14(22)23;6-3-5(4-7)1-2-5;/h2-5,10-12H,6-9H2,1H3,(H,24,26,27);2-8H,1H3,(H,22,23)(H,17,19,20);1-3,6H2;1H. The molecule has 2 aliphatic carbocycles. The zero-order chi connectivity index (χ0) is 42.2. The first-order valence-electron chi connectivity index (χ1n) is 18.4. The van der Waals surface area contributed by atoms with Gasteiger partial charge in [-0.2, -0.15) is 20.7 Å². The molecule has 19 heteroatoms. The highest BCUT2D eigenvalue weighted by Crippen LogP contribution is 2.49. The largest absolute Gasteiger partial charge is 0.478 e. The number of benzene rings is 2. The van der Waals surface area contributed by atoms with Crippen molar-refractivity contribution in [2.75, 3.05) is 17.2 Å². The van der Waals surface area contributed by atoms with Gasteiger partial charge in [0.15, 0.2) is 5.78 Å². The van der Waals surface area contributed by atoms with Crippen LogP contribution in [0.15, 0.2) is 85.7 Å². The Hall–Kier alpha value is -6.43. The van der Waals surface area contributed by atoms with Crippen molar-refractivity contribution in [2.24, 2.45) is 30.7 Å². The fourth-order valence-corrected chi connectivity index (χ4v) is 6.05. The smallest absolute Gasteiger partial charge is 0.335 e. The summed E-state index contributed by atoms with van der Waals surface area (Å²) in [5, 5.41) is 41.5. The van der Waals surface area contributed by atoms with Crippen molar-refractivity contribution in [1.29, 1.82) is 10.5 Å². The van der Waals surface area contributed by atoms with E-state index >= 15 is 0 Å². The third-order valence-electron chi connectivity index (χ3n) is 9.70. The molecule has 308 valence electrons. The average Bonchev–Trinajstić information content (AvgIpc) is 4.14. The fourth-order valence-electron chi connectivity index (χ4n) is 5.65. The molecule has 8 rings (SSSR count). The minimum absolute atomic E-state index is 0. The van der Waals surface area contributed by atoms with E-state index in [0.717, 1.165) is 42.6 Å². The molecule has 0 spiro atoms. The predicted octanol–water partition coefficient (Wildman–Crippen LogP) is 8.18. The minimum atomic E-state index is -0.982. The summed E-state index contributed by atoms with van der Waals surface area (Å²) in [6.45, 7) is 0.545. The van der Waals surface area contributed by atoms with Gasteiger partial charge in [0.2, 0.25) is 11.9 Å². The van der Waals surface area contributed by atoms with E-state index in [1.807, 2.05) is 32.4 Å². The van der Waals surface area contributed by atoms with Gasteiger partial charge in [0.05, 0.1) is 86.1 Å². The topological polar surface area (TPSA) is 239 Å². The molecule has 16 nitrogen and oxygen atoms in total. The Balaban J connectivity index is 0.000000196. The summed E-state index contributed by atoms with van der Waals surface area (Å²) in [7, 11) is 3.64. The number of ketones is 1. The van der Waals surface area contributed by atoms with Crippen LogP contribution in [0.4, 0.5) is 23.3 Å². The van der Waals surface area contributed by atoms with Gasteiger partial charge in [-0.25, -0.2) is 24.7 Å². The maximum atomic E-state index is 12.4.